The van der Waals surface area contributed by atoms with Gasteiger partial charge in [-0.2, -0.15) is 0 Å². The third-order valence-electron chi connectivity index (χ3n) is 1.57. The van der Waals surface area contributed by atoms with Gasteiger partial charge >= 0.3 is 0 Å². The summed E-state index contributed by atoms with van der Waals surface area (Å²) >= 11 is 0. The predicted molar refractivity (Wildman–Crippen MR) is 42.3 cm³/mol. The molecule has 0 bridgehead atoms. The molecule has 0 aromatic carbocycles. The highest BCUT2D eigenvalue weighted by molar-refractivity contribution is 5.74. The fourth-order valence-corrected chi connectivity index (χ4v) is 0.995. The Bertz CT molecular complexity index is 483. The second kappa shape index (κ2) is 2.30. The van der Waals surface area contributed by atoms with Crippen molar-refractivity contribution < 1.29 is 4.42 Å². The van der Waals surface area contributed by atoms with Gasteiger partial charge in [0.25, 0.3) is 5.43 Å². The number of rotatable bonds is 1. The van der Waals surface area contributed by atoms with E-state index in [4.69, 9.17) is 4.42 Å². The van der Waals surface area contributed by atoms with Crippen molar-refractivity contribution in [3.63, 3.8) is 0 Å². The fraction of sp³-hybridized carbons (Fsp3) is 0. The molecule has 5 heteroatoms. The second-order valence-corrected chi connectivity index (χ2v) is 2.26. The summed E-state index contributed by atoms with van der Waals surface area (Å²) in [5.74, 6) is 0. The van der Waals surface area contributed by atoms with Crippen LogP contribution in [-0.2, 0) is 0 Å². The van der Waals surface area contributed by atoms with Crippen molar-refractivity contribution in [1.82, 2.24) is 4.98 Å². The van der Waals surface area contributed by atoms with Crippen LogP contribution in [0, 0.1) is 4.91 Å². The van der Waals surface area contributed by atoms with Gasteiger partial charge in [0.05, 0.1) is 11.8 Å². The van der Waals surface area contributed by atoms with E-state index in [1.165, 1.54) is 12.5 Å². The van der Waals surface area contributed by atoms with Gasteiger partial charge in [-0.25, -0.2) is 0 Å². The van der Waals surface area contributed by atoms with Crippen molar-refractivity contribution in [1.29, 1.82) is 0 Å². The standard InChI is InChI=1S/C7H4N2O3/c10-6-5(9-11)3-8-4-1-2-12-7(4)6/h1-3H,(H,8,10). The topological polar surface area (TPSA) is 75.4 Å². The average molecular weight is 164 g/mol. The molecule has 2 heterocycles. The first-order valence-corrected chi connectivity index (χ1v) is 3.25. The van der Waals surface area contributed by atoms with E-state index in [9.17, 15) is 9.70 Å². The monoisotopic (exact) mass is 164 g/mol. The third kappa shape index (κ3) is 0.763. The number of hydrogen-bond acceptors (Lipinski definition) is 4. The lowest BCUT2D eigenvalue weighted by molar-refractivity contribution is 0.612. The largest absolute Gasteiger partial charge is 0.458 e. The molecule has 0 aliphatic carbocycles. The molecule has 0 spiro atoms. The molecule has 2 aromatic rings. The van der Waals surface area contributed by atoms with E-state index in [1.54, 1.807) is 6.07 Å². The van der Waals surface area contributed by atoms with Crippen molar-refractivity contribution in [2.24, 2.45) is 5.18 Å². The number of furan rings is 1. The molecule has 5 nitrogen and oxygen atoms in total. The van der Waals surface area contributed by atoms with Crippen LogP contribution in [-0.4, -0.2) is 4.98 Å². The fourth-order valence-electron chi connectivity index (χ4n) is 0.995. The minimum Gasteiger partial charge on any atom is -0.458 e. The zero-order valence-electron chi connectivity index (χ0n) is 5.90. The van der Waals surface area contributed by atoms with Gasteiger partial charge in [-0.15, -0.1) is 4.91 Å². The molecular formula is C7H4N2O3. The quantitative estimate of drug-likeness (QED) is 0.649. The minimum absolute atomic E-state index is 0.132. The maximum Gasteiger partial charge on any atom is 0.253 e. The number of aromatic nitrogens is 1. The van der Waals surface area contributed by atoms with Crippen LogP contribution in [0.15, 0.2) is 32.9 Å². The van der Waals surface area contributed by atoms with Crippen LogP contribution in [0.4, 0.5) is 5.69 Å². The lowest BCUT2D eigenvalue weighted by Crippen LogP contribution is -1.99. The molecule has 2 aromatic heterocycles. The molecule has 2 rings (SSSR count). The van der Waals surface area contributed by atoms with Crippen LogP contribution in [0.2, 0.25) is 0 Å². The lowest BCUT2D eigenvalue weighted by Gasteiger charge is -1.87. The highest BCUT2D eigenvalue weighted by atomic mass is 16.3. The Morgan fingerprint density at radius 3 is 3.08 bits per heavy atom. The van der Waals surface area contributed by atoms with Crippen LogP contribution in [0.3, 0.4) is 0 Å². The first kappa shape index (κ1) is 6.78. The third-order valence-corrected chi connectivity index (χ3v) is 1.57. The summed E-state index contributed by atoms with van der Waals surface area (Å²) in [5.41, 5.74) is 0.0423. The number of fused-ring (bicyclic) bond motifs is 1. The van der Waals surface area contributed by atoms with Crippen LogP contribution >= 0.6 is 0 Å². The van der Waals surface area contributed by atoms with Crippen LogP contribution in [0.1, 0.15) is 0 Å². The smallest absolute Gasteiger partial charge is 0.253 e. The number of nitrogens with zero attached hydrogens (tertiary/aromatic N) is 1. The molecule has 1 N–H and O–H groups in total. The van der Waals surface area contributed by atoms with Crippen molar-refractivity contribution >= 4 is 16.8 Å². The Balaban J connectivity index is 2.96. The number of H-pyrrole nitrogens is 1. The normalized spacial score (nSPS) is 10.3. The van der Waals surface area contributed by atoms with Gasteiger partial charge < -0.3 is 9.40 Å². The number of pyridine rings is 1. The van der Waals surface area contributed by atoms with Gasteiger partial charge in [0, 0.05) is 12.3 Å². The molecule has 0 radical (unpaired) electrons. The summed E-state index contributed by atoms with van der Waals surface area (Å²) < 4.78 is 4.85. The summed E-state index contributed by atoms with van der Waals surface area (Å²) in [6.07, 6.45) is 2.63. The van der Waals surface area contributed by atoms with Gasteiger partial charge in [-0.1, -0.05) is 0 Å². The summed E-state index contributed by atoms with van der Waals surface area (Å²) in [7, 11) is 0. The van der Waals surface area contributed by atoms with E-state index in [-0.39, 0.29) is 11.3 Å². The molecule has 12 heavy (non-hydrogen) atoms. The molecule has 0 unspecified atom stereocenters. The number of nitrogens with one attached hydrogen (secondary N) is 1. The summed E-state index contributed by atoms with van der Waals surface area (Å²) in [6, 6.07) is 1.60. The van der Waals surface area contributed by atoms with Gasteiger partial charge in [-0.05, 0) is 5.18 Å². The molecule has 0 saturated carbocycles. The number of aromatic amines is 1. The van der Waals surface area contributed by atoms with Crippen LogP contribution < -0.4 is 5.43 Å². The highest BCUT2D eigenvalue weighted by Crippen LogP contribution is 2.11. The molecule has 60 valence electrons. The molecule has 0 aliphatic rings. The Morgan fingerprint density at radius 2 is 2.33 bits per heavy atom. The first-order valence-electron chi connectivity index (χ1n) is 3.25. The van der Waals surface area contributed by atoms with Crippen molar-refractivity contribution in [2.45, 2.75) is 0 Å². The summed E-state index contributed by atoms with van der Waals surface area (Å²) in [6.45, 7) is 0. The molecule has 0 saturated heterocycles. The molecule has 0 atom stereocenters. The van der Waals surface area contributed by atoms with E-state index in [1.807, 2.05) is 0 Å². The van der Waals surface area contributed by atoms with Gasteiger partial charge in [-0.3, -0.25) is 4.79 Å². The molecule has 0 aliphatic heterocycles. The lowest BCUT2D eigenvalue weighted by atomic mass is 10.3. The van der Waals surface area contributed by atoms with Gasteiger partial charge in [0.2, 0.25) is 0 Å². The van der Waals surface area contributed by atoms with Crippen LogP contribution in [0.5, 0.6) is 0 Å². The van der Waals surface area contributed by atoms with Crippen LogP contribution in [0.25, 0.3) is 11.1 Å². The molecule has 0 amide bonds. The summed E-state index contributed by atoms with van der Waals surface area (Å²) in [4.78, 5) is 24.0. The summed E-state index contributed by atoms with van der Waals surface area (Å²) in [5, 5.41) is 2.55. The SMILES string of the molecule is O=Nc1c[nH]c2ccoc2c1=O. The zero-order chi connectivity index (χ0) is 8.55. The molecular weight excluding hydrogens is 160 g/mol. The zero-order valence-corrected chi connectivity index (χ0v) is 5.90. The van der Waals surface area contributed by atoms with E-state index in [0.717, 1.165) is 0 Å². The maximum atomic E-state index is 11.2. The predicted octanol–water partition coefficient (Wildman–Crippen LogP) is 1.52. The Morgan fingerprint density at radius 1 is 1.50 bits per heavy atom. The number of nitroso groups, excluding NO2 is 1. The Kier molecular flexibility index (Phi) is 1.30. The second-order valence-electron chi connectivity index (χ2n) is 2.26. The van der Waals surface area contributed by atoms with Crippen molar-refractivity contribution in [2.75, 3.05) is 0 Å². The molecule has 0 fully saturated rings. The van der Waals surface area contributed by atoms with E-state index < -0.39 is 5.43 Å². The minimum atomic E-state index is -0.483. The van der Waals surface area contributed by atoms with Gasteiger partial charge in [0.15, 0.2) is 11.3 Å². The van der Waals surface area contributed by atoms with Crippen molar-refractivity contribution in [3.05, 3.63) is 33.7 Å². The Hall–Kier alpha value is -1.91. The first-order chi connectivity index (χ1) is 5.83. The number of hydrogen-bond donors (Lipinski definition) is 1. The van der Waals surface area contributed by atoms with Crippen molar-refractivity contribution in [3.8, 4) is 0 Å². The van der Waals surface area contributed by atoms with E-state index >= 15 is 0 Å². The highest BCUT2D eigenvalue weighted by Gasteiger charge is 2.06. The maximum absolute atomic E-state index is 11.2. The van der Waals surface area contributed by atoms with E-state index in [2.05, 4.69) is 10.2 Å². The van der Waals surface area contributed by atoms with Gasteiger partial charge in [0.1, 0.15) is 0 Å². The Labute approximate surface area is 66.0 Å². The van der Waals surface area contributed by atoms with E-state index in [0.29, 0.717) is 5.52 Å². The average Bonchev–Trinajstić information content (AvgIpc) is 2.53.